The van der Waals surface area contributed by atoms with E-state index >= 15 is 0 Å². The van der Waals surface area contributed by atoms with Crippen molar-refractivity contribution in [2.45, 2.75) is 38.0 Å². The molecule has 2 aromatic rings. The molecule has 0 aromatic heterocycles. The van der Waals surface area contributed by atoms with Crippen molar-refractivity contribution in [1.29, 1.82) is 0 Å². The van der Waals surface area contributed by atoms with Crippen molar-refractivity contribution in [2.24, 2.45) is 0 Å². The van der Waals surface area contributed by atoms with E-state index in [-0.39, 0.29) is 18.1 Å². The van der Waals surface area contributed by atoms with E-state index in [0.717, 1.165) is 43.2 Å². The van der Waals surface area contributed by atoms with Crippen molar-refractivity contribution in [3.8, 4) is 17.2 Å². The first-order chi connectivity index (χ1) is 14.2. The Morgan fingerprint density at radius 1 is 1.14 bits per heavy atom. The first kappa shape index (κ1) is 19.6. The molecule has 154 valence electrons. The van der Waals surface area contributed by atoms with Crippen LogP contribution in [0.5, 0.6) is 17.2 Å². The van der Waals surface area contributed by atoms with Gasteiger partial charge < -0.3 is 24.4 Å². The summed E-state index contributed by atoms with van der Waals surface area (Å²) in [6, 6.07) is 16.0. The average molecular weight is 396 g/mol. The van der Waals surface area contributed by atoms with Gasteiger partial charge in [-0.1, -0.05) is 24.3 Å². The van der Waals surface area contributed by atoms with Gasteiger partial charge in [0.2, 0.25) is 5.91 Å². The Labute approximate surface area is 171 Å². The molecule has 2 aliphatic rings. The van der Waals surface area contributed by atoms with E-state index in [0.29, 0.717) is 19.6 Å². The molecule has 0 unspecified atom stereocenters. The van der Waals surface area contributed by atoms with E-state index < -0.39 is 0 Å². The Morgan fingerprint density at radius 2 is 1.93 bits per heavy atom. The normalized spacial score (nSPS) is 20.7. The third-order valence-corrected chi connectivity index (χ3v) is 5.56. The molecular formula is C23H28N2O4. The van der Waals surface area contributed by atoms with Crippen LogP contribution in [0, 0.1) is 0 Å². The fourth-order valence-corrected chi connectivity index (χ4v) is 3.96. The van der Waals surface area contributed by atoms with Crippen LogP contribution in [0.15, 0.2) is 48.5 Å². The summed E-state index contributed by atoms with van der Waals surface area (Å²) in [6.45, 7) is 2.73. The molecule has 2 aliphatic heterocycles. The van der Waals surface area contributed by atoms with Crippen LogP contribution in [0.4, 0.5) is 0 Å². The molecule has 1 fully saturated rings. The number of hydrogen-bond donors (Lipinski definition) is 1. The number of ether oxygens (including phenoxy) is 3. The molecule has 2 aromatic carbocycles. The monoisotopic (exact) mass is 396 g/mol. The Hall–Kier alpha value is -2.73. The molecule has 29 heavy (non-hydrogen) atoms. The van der Waals surface area contributed by atoms with Gasteiger partial charge in [-0.2, -0.15) is 0 Å². The van der Waals surface area contributed by atoms with Gasteiger partial charge in [0, 0.05) is 19.0 Å². The molecule has 6 nitrogen and oxygen atoms in total. The van der Waals surface area contributed by atoms with Gasteiger partial charge in [-0.3, -0.25) is 4.79 Å². The molecule has 0 saturated carbocycles. The molecule has 1 saturated heterocycles. The first-order valence-corrected chi connectivity index (χ1v) is 10.2. The van der Waals surface area contributed by atoms with Gasteiger partial charge in [0.1, 0.15) is 12.4 Å². The predicted octanol–water partition coefficient (Wildman–Crippen LogP) is 3.01. The number of nitrogens with zero attached hydrogens (tertiary/aromatic N) is 1. The maximum atomic E-state index is 12.4. The lowest BCUT2D eigenvalue weighted by atomic mass is 10.1. The van der Waals surface area contributed by atoms with Crippen LogP contribution in [0.3, 0.4) is 0 Å². The van der Waals surface area contributed by atoms with Crippen molar-refractivity contribution in [3.05, 3.63) is 54.1 Å². The van der Waals surface area contributed by atoms with Crippen LogP contribution in [-0.2, 0) is 11.3 Å². The lowest BCUT2D eigenvalue weighted by Gasteiger charge is -2.32. The lowest BCUT2D eigenvalue weighted by Crippen LogP contribution is -2.45. The number of para-hydroxylation sites is 2. The number of amides is 1. The van der Waals surface area contributed by atoms with E-state index in [1.807, 2.05) is 41.3 Å². The van der Waals surface area contributed by atoms with Crippen LogP contribution in [0.25, 0.3) is 0 Å². The van der Waals surface area contributed by atoms with Gasteiger partial charge in [0.15, 0.2) is 17.6 Å². The highest BCUT2D eigenvalue weighted by Crippen LogP contribution is 2.32. The van der Waals surface area contributed by atoms with Gasteiger partial charge in [0.05, 0.1) is 13.7 Å². The second kappa shape index (κ2) is 9.18. The van der Waals surface area contributed by atoms with Crippen LogP contribution in [0.1, 0.15) is 24.8 Å². The summed E-state index contributed by atoms with van der Waals surface area (Å²) in [7, 11) is 1.67. The third kappa shape index (κ3) is 4.82. The van der Waals surface area contributed by atoms with Gasteiger partial charge in [-0.25, -0.2) is 0 Å². The largest absolute Gasteiger partial charge is 0.497 e. The zero-order valence-corrected chi connectivity index (χ0v) is 16.8. The molecule has 2 atom stereocenters. The number of fused-ring (bicyclic) bond motifs is 1. The molecular weight excluding hydrogens is 368 g/mol. The third-order valence-electron chi connectivity index (χ3n) is 5.56. The number of carbonyl (C=O) groups excluding carboxylic acids is 1. The molecule has 0 bridgehead atoms. The second-order valence-corrected chi connectivity index (χ2v) is 7.55. The summed E-state index contributed by atoms with van der Waals surface area (Å²) in [6.07, 6.45) is 2.34. The molecule has 1 N–H and O–H groups in total. The number of benzene rings is 2. The summed E-state index contributed by atoms with van der Waals surface area (Å²) >= 11 is 0. The molecule has 6 heteroatoms. The Bertz CT molecular complexity index is 824. The number of nitrogens with one attached hydrogen (secondary N) is 1. The van der Waals surface area contributed by atoms with Crippen molar-refractivity contribution < 1.29 is 19.0 Å². The number of likely N-dealkylation sites (tertiary alicyclic amines) is 1. The highest BCUT2D eigenvalue weighted by Gasteiger charge is 2.34. The molecule has 0 aliphatic carbocycles. The molecule has 0 radical (unpaired) electrons. The zero-order valence-electron chi connectivity index (χ0n) is 16.8. The Kier molecular flexibility index (Phi) is 6.20. The van der Waals surface area contributed by atoms with Crippen molar-refractivity contribution >= 4 is 5.91 Å². The average Bonchev–Trinajstić information content (AvgIpc) is 3.11. The van der Waals surface area contributed by atoms with Crippen molar-refractivity contribution in [1.82, 2.24) is 10.2 Å². The standard InChI is InChI=1S/C23H28N2O4/c1-27-19-9-6-17(7-10-19)14-24-13-12-18-8-11-23(26)25(18)15-20-16-28-21-4-2-3-5-22(21)29-20/h2-7,9-10,18,20,24H,8,11-16H2,1H3/t18-,20-/m0/s1. The minimum Gasteiger partial charge on any atom is -0.497 e. The zero-order chi connectivity index (χ0) is 20.1. The minimum atomic E-state index is -0.123. The van der Waals surface area contributed by atoms with Crippen LogP contribution >= 0.6 is 0 Å². The Balaban J connectivity index is 1.25. The summed E-state index contributed by atoms with van der Waals surface area (Å²) in [5.74, 6) is 2.61. The number of hydrogen-bond acceptors (Lipinski definition) is 5. The fourth-order valence-electron chi connectivity index (χ4n) is 3.96. The first-order valence-electron chi connectivity index (χ1n) is 10.2. The quantitative estimate of drug-likeness (QED) is 0.695. The summed E-state index contributed by atoms with van der Waals surface area (Å²) in [5.41, 5.74) is 1.22. The SMILES string of the molecule is COc1ccc(CNCC[C@@H]2CCC(=O)N2C[C@H]2COc3ccccc3O2)cc1. The van der Waals surface area contributed by atoms with Gasteiger partial charge >= 0.3 is 0 Å². The number of rotatable bonds is 8. The second-order valence-electron chi connectivity index (χ2n) is 7.55. The predicted molar refractivity (Wildman–Crippen MR) is 110 cm³/mol. The Morgan fingerprint density at radius 3 is 2.72 bits per heavy atom. The van der Waals surface area contributed by atoms with Crippen molar-refractivity contribution in [3.63, 3.8) is 0 Å². The van der Waals surface area contributed by atoms with E-state index in [1.165, 1.54) is 5.56 Å². The van der Waals surface area contributed by atoms with Gasteiger partial charge in [0.25, 0.3) is 0 Å². The summed E-state index contributed by atoms with van der Waals surface area (Å²) in [5, 5.41) is 3.48. The number of methoxy groups -OCH3 is 1. The maximum absolute atomic E-state index is 12.4. The molecule has 2 heterocycles. The highest BCUT2D eigenvalue weighted by molar-refractivity contribution is 5.78. The summed E-state index contributed by atoms with van der Waals surface area (Å²) < 4.78 is 17.0. The van der Waals surface area contributed by atoms with Crippen LogP contribution in [-0.4, -0.2) is 49.8 Å². The van der Waals surface area contributed by atoms with E-state index in [4.69, 9.17) is 14.2 Å². The smallest absolute Gasteiger partial charge is 0.223 e. The topological polar surface area (TPSA) is 60.0 Å². The highest BCUT2D eigenvalue weighted by atomic mass is 16.6. The molecule has 1 amide bonds. The van der Waals surface area contributed by atoms with E-state index in [9.17, 15) is 4.79 Å². The maximum Gasteiger partial charge on any atom is 0.223 e. The van der Waals surface area contributed by atoms with Gasteiger partial charge in [-0.05, 0) is 49.2 Å². The van der Waals surface area contributed by atoms with Crippen LogP contribution in [0.2, 0.25) is 0 Å². The van der Waals surface area contributed by atoms with Crippen molar-refractivity contribution in [2.75, 3.05) is 26.8 Å². The summed E-state index contributed by atoms with van der Waals surface area (Å²) in [4.78, 5) is 14.4. The van der Waals surface area contributed by atoms with Crippen LogP contribution < -0.4 is 19.5 Å². The lowest BCUT2D eigenvalue weighted by molar-refractivity contribution is -0.130. The van der Waals surface area contributed by atoms with E-state index in [1.54, 1.807) is 7.11 Å². The minimum absolute atomic E-state index is 0.123. The molecule has 4 rings (SSSR count). The molecule has 0 spiro atoms. The number of carbonyl (C=O) groups is 1. The fraction of sp³-hybridized carbons (Fsp3) is 0.435. The van der Waals surface area contributed by atoms with E-state index in [2.05, 4.69) is 17.4 Å². The van der Waals surface area contributed by atoms with Gasteiger partial charge in [-0.15, -0.1) is 0 Å².